The number of nitrogens with one attached hydrogen (secondary N) is 1. The van der Waals surface area contributed by atoms with Crippen molar-refractivity contribution in [3.63, 3.8) is 0 Å². The molecule has 0 saturated heterocycles. The molecule has 4 rings (SSSR count). The summed E-state index contributed by atoms with van der Waals surface area (Å²) < 4.78 is 5.39. The number of amides is 1. The Kier molecular flexibility index (Phi) is 5.02. The van der Waals surface area contributed by atoms with Crippen LogP contribution in [-0.2, 0) is 0 Å². The summed E-state index contributed by atoms with van der Waals surface area (Å²) in [6.07, 6.45) is 1.47. The number of hydrogen-bond donors (Lipinski definition) is 1. The van der Waals surface area contributed by atoms with E-state index >= 15 is 0 Å². The van der Waals surface area contributed by atoms with Crippen LogP contribution in [0.15, 0.2) is 95.6 Å². The summed E-state index contributed by atoms with van der Waals surface area (Å²) in [4.78, 5) is 13.1. The lowest BCUT2D eigenvalue weighted by Crippen LogP contribution is -2.29. The van der Waals surface area contributed by atoms with Crippen LogP contribution in [0.3, 0.4) is 0 Å². The van der Waals surface area contributed by atoms with E-state index in [0.717, 1.165) is 22.3 Å². The van der Waals surface area contributed by atoms with Crippen LogP contribution in [0, 0.1) is 6.92 Å². The number of nitrogens with zero attached hydrogens (tertiary/aromatic N) is 1. The molecule has 1 amide bonds. The number of aromatic nitrogens is 1. The van der Waals surface area contributed by atoms with Crippen molar-refractivity contribution in [2.75, 3.05) is 0 Å². The van der Waals surface area contributed by atoms with Gasteiger partial charge in [-0.25, -0.2) is 0 Å². The van der Waals surface area contributed by atoms with Crippen LogP contribution in [0.4, 0.5) is 0 Å². The number of rotatable bonds is 5. The van der Waals surface area contributed by atoms with Gasteiger partial charge in [-0.05, 0) is 18.1 Å². The Morgan fingerprint density at radius 1 is 0.857 bits per heavy atom. The predicted octanol–water partition coefficient (Wildman–Crippen LogP) is 5.17. The normalized spacial score (nSPS) is 10.8. The van der Waals surface area contributed by atoms with Crippen molar-refractivity contribution in [3.05, 3.63) is 113 Å². The summed E-state index contributed by atoms with van der Waals surface area (Å²) >= 11 is 0. The summed E-state index contributed by atoms with van der Waals surface area (Å²) in [5.41, 5.74) is 4.40. The molecule has 1 N–H and O–H groups in total. The lowest BCUT2D eigenvalue weighted by Gasteiger charge is -2.19. The van der Waals surface area contributed by atoms with Gasteiger partial charge < -0.3 is 9.84 Å². The van der Waals surface area contributed by atoms with Crippen LogP contribution in [0.1, 0.15) is 33.1 Å². The minimum Gasteiger partial charge on any atom is -0.355 e. The zero-order valence-electron chi connectivity index (χ0n) is 15.5. The molecule has 0 atom stereocenters. The molecule has 0 spiro atoms. The minimum atomic E-state index is -0.268. The summed E-state index contributed by atoms with van der Waals surface area (Å²) in [7, 11) is 0. The quantitative estimate of drug-likeness (QED) is 0.529. The third-order valence-electron chi connectivity index (χ3n) is 4.67. The van der Waals surface area contributed by atoms with Gasteiger partial charge in [-0.2, -0.15) is 0 Å². The Bertz CT molecular complexity index is 1020. The number of benzene rings is 3. The maximum absolute atomic E-state index is 13.1. The van der Waals surface area contributed by atoms with Crippen LogP contribution in [0.2, 0.25) is 0 Å². The molecular formula is C24H20N2O2. The Hall–Kier alpha value is -3.66. The predicted molar refractivity (Wildman–Crippen MR) is 109 cm³/mol. The van der Waals surface area contributed by atoms with E-state index < -0.39 is 0 Å². The fourth-order valence-corrected chi connectivity index (χ4v) is 3.17. The Morgan fingerprint density at radius 2 is 1.43 bits per heavy atom. The monoisotopic (exact) mass is 368 g/mol. The molecule has 3 aromatic carbocycles. The fraction of sp³-hybridized carbons (Fsp3) is 0.0833. The molecule has 0 bridgehead atoms. The average molecular weight is 368 g/mol. The molecular weight excluding hydrogens is 348 g/mol. The zero-order chi connectivity index (χ0) is 19.3. The zero-order valence-corrected chi connectivity index (χ0v) is 15.5. The highest BCUT2D eigenvalue weighted by molar-refractivity contribution is 5.99. The maximum atomic E-state index is 13.1. The minimum absolute atomic E-state index is 0.227. The van der Waals surface area contributed by atoms with Crippen molar-refractivity contribution in [2.24, 2.45) is 0 Å². The lowest BCUT2D eigenvalue weighted by molar-refractivity contribution is 0.0943. The van der Waals surface area contributed by atoms with Gasteiger partial charge in [-0.3, -0.25) is 4.79 Å². The fourth-order valence-electron chi connectivity index (χ4n) is 3.17. The third-order valence-corrected chi connectivity index (χ3v) is 4.67. The number of carbonyl (C=O) groups excluding carboxylic acids is 1. The van der Waals surface area contributed by atoms with E-state index in [1.54, 1.807) is 0 Å². The van der Waals surface area contributed by atoms with Gasteiger partial charge in [0.1, 0.15) is 5.56 Å². The molecule has 0 aliphatic heterocycles. The van der Waals surface area contributed by atoms with E-state index in [1.165, 1.54) is 6.20 Å². The molecule has 1 aromatic heterocycles. The summed E-state index contributed by atoms with van der Waals surface area (Å²) in [5, 5.41) is 6.99. The van der Waals surface area contributed by atoms with Gasteiger partial charge in [0.25, 0.3) is 5.91 Å². The molecule has 0 saturated carbocycles. The standard InChI is InChI=1S/C24H20N2O2/c1-17-12-14-20(15-13-17)23-21(16-25-28-23)24(27)26-22(18-8-4-2-5-9-18)19-10-6-3-7-11-19/h2-16,22H,1H3,(H,26,27). The molecule has 4 nitrogen and oxygen atoms in total. The van der Waals surface area contributed by atoms with Crippen molar-refractivity contribution in [2.45, 2.75) is 13.0 Å². The molecule has 0 radical (unpaired) electrons. The molecule has 4 heteroatoms. The van der Waals surface area contributed by atoms with Gasteiger partial charge in [0.15, 0.2) is 5.76 Å². The van der Waals surface area contributed by atoms with E-state index in [1.807, 2.05) is 91.9 Å². The SMILES string of the molecule is Cc1ccc(-c2oncc2C(=O)NC(c2ccccc2)c2ccccc2)cc1. The Labute approximate surface area is 163 Å². The van der Waals surface area contributed by atoms with Crippen molar-refractivity contribution in [1.29, 1.82) is 0 Å². The van der Waals surface area contributed by atoms with Gasteiger partial charge in [-0.15, -0.1) is 0 Å². The van der Waals surface area contributed by atoms with Crippen LogP contribution in [0.5, 0.6) is 0 Å². The van der Waals surface area contributed by atoms with E-state index in [2.05, 4.69) is 10.5 Å². The van der Waals surface area contributed by atoms with Crippen LogP contribution in [-0.4, -0.2) is 11.1 Å². The average Bonchev–Trinajstić information content (AvgIpc) is 3.24. The molecule has 0 fully saturated rings. The molecule has 138 valence electrons. The van der Waals surface area contributed by atoms with Gasteiger partial charge in [0.05, 0.1) is 12.2 Å². The highest BCUT2D eigenvalue weighted by atomic mass is 16.5. The number of aryl methyl sites for hydroxylation is 1. The molecule has 4 aromatic rings. The molecule has 28 heavy (non-hydrogen) atoms. The maximum Gasteiger partial charge on any atom is 0.257 e. The Balaban J connectivity index is 1.66. The first kappa shape index (κ1) is 17.7. The van der Waals surface area contributed by atoms with E-state index in [9.17, 15) is 4.79 Å². The molecule has 0 unspecified atom stereocenters. The second-order valence-corrected chi connectivity index (χ2v) is 6.66. The third kappa shape index (κ3) is 3.71. The smallest absolute Gasteiger partial charge is 0.257 e. The lowest BCUT2D eigenvalue weighted by atomic mass is 9.98. The van der Waals surface area contributed by atoms with Crippen molar-refractivity contribution < 1.29 is 9.32 Å². The van der Waals surface area contributed by atoms with Crippen molar-refractivity contribution >= 4 is 5.91 Å². The molecule has 0 aliphatic carbocycles. The topological polar surface area (TPSA) is 55.1 Å². The van der Waals surface area contributed by atoms with Gasteiger partial charge >= 0.3 is 0 Å². The summed E-state index contributed by atoms with van der Waals surface area (Å²) in [5.74, 6) is 0.243. The second kappa shape index (κ2) is 7.92. The number of hydrogen-bond acceptors (Lipinski definition) is 3. The van der Waals surface area contributed by atoms with Gasteiger partial charge in [0.2, 0.25) is 0 Å². The van der Waals surface area contributed by atoms with E-state index in [4.69, 9.17) is 4.52 Å². The Morgan fingerprint density at radius 3 is 2.00 bits per heavy atom. The van der Waals surface area contributed by atoms with Crippen LogP contribution < -0.4 is 5.32 Å². The highest BCUT2D eigenvalue weighted by Crippen LogP contribution is 2.26. The van der Waals surface area contributed by atoms with E-state index in [0.29, 0.717) is 11.3 Å². The molecule has 0 aliphatic rings. The first-order chi connectivity index (χ1) is 13.7. The second-order valence-electron chi connectivity index (χ2n) is 6.66. The highest BCUT2D eigenvalue weighted by Gasteiger charge is 2.22. The summed E-state index contributed by atoms with van der Waals surface area (Å²) in [6.45, 7) is 2.02. The van der Waals surface area contributed by atoms with Crippen LogP contribution >= 0.6 is 0 Å². The van der Waals surface area contributed by atoms with Gasteiger partial charge in [-0.1, -0.05) is 95.6 Å². The van der Waals surface area contributed by atoms with Crippen LogP contribution in [0.25, 0.3) is 11.3 Å². The summed E-state index contributed by atoms with van der Waals surface area (Å²) in [6, 6.07) is 27.4. The van der Waals surface area contributed by atoms with Crippen molar-refractivity contribution in [3.8, 4) is 11.3 Å². The first-order valence-corrected chi connectivity index (χ1v) is 9.15. The largest absolute Gasteiger partial charge is 0.355 e. The van der Waals surface area contributed by atoms with Gasteiger partial charge in [0, 0.05) is 5.56 Å². The molecule has 1 heterocycles. The van der Waals surface area contributed by atoms with E-state index in [-0.39, 0.29) is 11.9 Å². The van der Waals surface area contributed by atoms with Crippen molar-refractivity contribution in [1.82, 2.24) is 10.5 Å². The first-order valence-electron chi connectivity index (χ1n) is 9.15. The number of carbonyl (C=O) groups is 1.